The summed E-state index contributed by atoms with van der Waals surface area (Å²) in [6.45, 7) is -3.69. The van der Waals surface area contributed by atoms with E-state index in [0.29, 0.717) is 76.4 Å². The van der Waals surface area contributed by atoms with E-state index in [0.717, 1.165) is 9.80 Å². The summed E-state index contributed by atoms with van der Waals surface area (Å²) in [6, 6.07) is 36.5. The van der Waals surface area contributed by atoms with Crippen LogP contribution < -0.4 is 40.9 Å². The Morgan fingerprint density at radius 3 is 0.992 bits per heavy atom. The number of carbonyl (C=O) groups is 4. The number of aliphatic hydroxyl groups excluding tert-OH is 2. The molecule has 4 amide bonds. The Labute approximate surface area is 731 Å². The smallest absolute Gasteiger partial charge is 0.255 e. The van der Waals surface area contributed by atoms with E-state index in [4.69, 9.17) is 11.0 Å². The summed E-state index contributed by atoms with van der Waals surface area (Å²) in [4.78, 5) is 73.0. The number of nitriles is 4. The van der Waals surface area contributed by atoms with Crippen molar-refractivity contribution in [3.05, 3.63) is 237 Å². The van der Waals surface area contributed by atoms with Crippen LogP contribution in [-0.2, 0) is 26.2 Å². The summed E-state index contributed by atoms with van der Waals surface area (Å²) in [6.07, 6.45) is 2.56. The van der Waals surface area contributed by atoms with Crippen LogP contribution >= 0.6 is 0 Å². The number of nitrogens with one attached hydrogen (secondary N) is 4. The van der Waals surface area contributed by atoms with E-state index in [9.17, 15) is 87.7 Å². The molecule has 8 aliphatic heterocycles. The highest BCUT2D eigenvalue weighted by Crippen LogP contribution is 2.40. The number of halogens is 5. The second-order valence-corrected chi connectivity index (χ2v) is 31.2. The highest BCUT2D eigenvalue weighted by Gasteiger charge is 2.41. The van der Waals surface area contributed by atoms with Crippen LogP contribution in [0.25, 0.3) is 67.8 Å². The van der Waals surface area contributed by atoms with Crippen molar-refractivity contribution in [1.29, 1.82) is 21.0 Å². The molecule has 8 aliphatic rings. The Kier molecular flexibility index (Phi) is 19.6. The maximum atomic E-state index is 14.7. The molecule has 38 heteroatoms. The van der Waals surface area contributed by atoms with Crippen LogP contribution in [0.15, 0.2) is 146 Å². The first-order valence-corrected chi connectivity index (χ1v) is 39.6. The number of rotatable bonds is 12. The molecule has 20 rings (SSSR count). The van der Waals surface area contributed by atoms with E-state index < -0.39 is 109 Å². The predicted octanol–water partition coefficient (Wildman–Crippen LogP) is 7.91. The van der Waals surface area contributed by atoms with Gasteiger partial charge in [-0.2, -0.15) is 41.4 Å². The second kappa shape index (κ2) is 33.5. The van der Waals surface area contributed by atoms with Gasteiger partial charge in [-0.25, -0.2) is 60.6 Å². The van der Waals surface area contributed by atoms with Crippen molar-refractivity contribution in [3.8, 4) is 92.1 Å². The summed E-state index contributed by atoms with van der Waals surface area (Å²) in [7, 11) is 0. The van der Waals surface area contributed by atoms with Crippen LogP contribution in [0.4, 0.5) is 45.2 Å². The van der Waals surface area contributed by atoms with Crippen molar-refractivity contribution in [3.63, 3.8) is 0 Å². The molecule has 16 heterocycles. The number of nitrogens with zero attached hydrogens (tertiary/aromatic N) is 20. The van der Waals surface area contributed by atoms with Crippen molar-refractivity contribution in [1.82, 2.24) is 80.3 Å². The number of hydrogen-bond donors (Lipinski definition) is 9. The average Bonchev–Trinajstić information content (AvgIpc) is 1.56. The Bertz CT molecular complexity index is 6890. The van der Waals surface area contributed by atoms with Crippen LogP contribution in [-0.4, -0.2) is 196 Å². The largest absolute Gasteiger partial charge is 0.390 e. The van der Waals surface area contributed by atoms with Crippen molar-refractivity contribution in [2.75, 3.05) is 71.8 Å². The van der Waals surface area contributed by atoms with E-state index in [2.05, 4.69) is 61.6 Å². The zero-order valence-electron chi connectivity index (χ0n) is 75.3. The van der Waals surface area contributed by atoms with Crippen molar-refractivity contribution < 1.29 is 77.6 Å². The molecular weight excluding hydrogens is 1640 g/mol. The van der Waals surface area contributed by atoms with Crippen LogP contribution in [0.5, 0.6) is 0 Å². The number of hydrogen-bond acceptors (Lipinski definition) is 25. The Morgan fingerprint density at radius 2 is 0.717 bits per heavy atom. The molecule has 0 bridgehead atoms. The first-order valence-electron chi connectivity index (χ1n) is 43.6. The van der Waals surface area contributed by atoms with Gasteiger partial charge in [0.15, 0.2) is 23.3 Å². The van der Waals surface area contributed by atoms with Crippen molar-refractivity contribution >= 4 is 46.9 Å². The monoisotopic (exact) mass is 1730 g/mol. The molecule has 0 aliphatic carbocycles. The standard InChI is InChI=1S/C23H21FN6O3.C22H18F2N6O2.2C22H19FN6O2/c1-23(33)12-29(7-5-18(23)31)19-6-8-30(28-19)17-9-15(27-16-11-26-22(32)21(16)17)20-13(10-25)3-2-4-14(20)24;23-13-4-6-29(11-18(13)31)19-5-7-30(28-19)17-8-15(27-16-10-26-22(32)21(16)17)20-12(9-25)2-1-3-14(20)24;2*1-22(31)6-8-28(12-22)18-5-7-29(27-18)17-9-15(26-16-11-25-21(30)20(16)17)19-13(10-24)3-2-4-14(19)23/h2-4,6,8-9,18,31,33H,5,7,11-12H2,1H3,(H,26,32);1-3,5,7-8,13,18,31H,4,6,10-11H2,(H,26,32);2*2-5,7,9,31H,6,8,11-12H2,1H3,(H,25,30)/t18-,23-;13-,18+;22-;/m110./s1/i;;2*8D2,12D2. The number of β-amino-alcohol motifs (C(OH)–C–C–N with tert-alkyl or cyclic N) is 4. The molecule has 127 heavy (non-hydrogen) atoms. The molecule has 0 radical (unpaired) electrons. The maximum absolute atomic E-state index is 14.7. The molecule has 4 aromatic carbocycles. The Morgan fingerprint density at radius 1 is 0.425 bits per heavy atom. The third-order valence-corrected chi connectivity index (χ3v) is 22.1. The average molecular weight is 1730 g/mol. The van der Waals surface area contributed by atoms with Crippen LogP contribution in [0, 0.1) is 68.6 Å². The van der Waals surface area contributed by atoms with Gasteiger partial charge in [-0.3, -0.25) is 19.2 Å². The van der Waals surface area contributed by atoms with Gasteiger partial charge in [0.2, 0.25) is 0 Å². The number of benzene rings is 4. The zero-order valence-corrected chi connectivity index (χ0v) is 67.3. The van der Waals surface area contributed by atoms with Crippen molar-refractivity contribution in [2.45, 2.75) is 108 Å². The van der Waals surface area contributed by atoms with Gasteiger partial charge in [0.25, 0.3) is 23.6 Å². The number of amides is 4. The third kappa shape index (κ3) is 16.3. The Hall–Kier alpha value is -15.2. The summed E-state index contributed by atoms with van der Waals surface area (Å²) in [5.74, 6) is -3.14. The van der Waals surface area contributed by atoms with E-state index in [1.807, 2.05) is 29.2 Å². The Balaban J connectivity index is 0.000000125. The highest BCUT2D eigenvalue weighted by atomic mass is 19.1. The number of carbonyl (C=O) groups excluding carboxylic acids is 4. The third-order valence-electron chi connectivity index (χ3n) is 22.1. The van der Waals surface area contributed by atoms with Gasteiger partial charge in [0.05, 0.1) is 215 Å². The number of anilines is 4. The summed E-state index contributed by atoms with van der Waals surface area (Å²) in [5, 5.41) is 118. The fraction of sp³-hybridized carbons (Fsp3) is 0.281. The van der Waals surface area contributed by atoms with Gasteiger partial charge in [-0.1, -0.05) is 24.3 Å². The lowest BCUT2D eigenvalue weighted by Crippen LogP contribution is -2.55. The summed E-state index contributed by atoms with van der Waals surface area (Å²) < 4.78 is 144. The first-order chi connectivity index (χ1) is 64.0. The van der Waals surface area contributed by atoms with Crippen LogP contribution in [0.3, 0.4) is 0 Å². The number of fused-ring (bicyclic) bond motifs is 4. The van der Waals surface area contributed by atoms with Gasteiger partial charge < -0.3 is 66.4 Å². The number of aliphatic hydroxyl groups is 5. The molecule has 4 saturated heterocycles. The number of aromatic nitrogens is 12. The van der Waals surface area contributed by atoms with Gasteiger partial charge in [-0.15, -0.1) is 0 Å². The molecule has 0 saturated carbocycles. The first kappa shape index (κ1) is 74.4. The molecule has 1 unspecified atom stereocenters. The minimum Gasteiger partial charge on any atom is -0.390 e. The quantitative estimate of drug-likeness (QED) is 0.0524. The minimum absolute atomic E-state index is 0.0333. The van der Waals surface area contributed by atoms with E-state index in [1.54, 1.807) is 42.4 Å². The van der Waals surface area contributed by atoms with E-state index in [-0.39, 0.29) is 159 Å². The number of alkyl halides is 1. The number of pyridine rings is 4. The molecule has 9 N–H and O–H groups in total. The van der Waals surface area contributed by atoms with Gasteiger partial charge in [-0.05, 0) is 119 Å². The normalized spacial score (nSPS) is 23.0. The topological polar surface area (TPSA) is 449 Å². The SMILES string of the molecule is C[C@@]1(O)CN(c2ccn(-c3cc(-c4c(F)cccc4C#N)nc4c3C(=O)NC4)n2)CC[C@H]1O.N#Cc1cccc(F)c1-c1cc(-n2ccc(N3CC[C@@H](F)[C@@H](O)C3)n2)c2c(n1)CNC2=O.[2H]C1([2H])CC(C)(O)C([2H])([2H])N1c1ccn(-c2cc(-c3c(F)cccc3C#N)nc3c2C(=O)NC3)n1.[2H]C1([2H])C[C@](C)(O)C([2H])([2H])N1c1ccn(-c2cc(-c3c(F)cccc3C#N)nc3c2C(=O)NC3)n1. The summed E-state index contributed by atoms with van der Waals surface area (Å²) >= 11 is 0. The van der Waals surface area contributed by atoms with Crippen LogP contribution in [0.1, 0.15) is 144 Å². The maximum Gasteiger partial charge on any atom is 0.255 e. The highest BCUT2D eigenvalue weighted by molar-refractivity contribution is 6.04. The van der Waals surface area contributed by atoms with E-state index >= 15 is 0 Å². The lowest BCUT2D eigenvalue weighted by Gasteiger charge is -2.40. The van der Waals surface area contributed by atoms with E-state index in [1.165, 1.54) is 148 Å². The van der Waals surface area contributed by atoms with Gasteiger partial charge >= 0.3 is 0 Å². The van der Waals surface area contributed by atoms with Gasteiger partial charge in [0.1, 0.15) is 41.1 Å². The minimum atomic E-state index is -2.48. The molecule has 8 aromatic heterocycles. The van der Waals surface area contributed by atoms with Crippen LogP contribution in [0.2, 0.25) is 0 Å². The summed E-state index contributed by atoms with van der Waals surface area (Å²) in [5.41, 5.74) is -0.402. The van der Waals surface area contributed by atoms with Gasteiger partial charge in [0, 0.05) is 100 Å². The number of piperidine rings is 2. The molecule has 4 fully saturated rings. The fourth-order valence-corrected chi connectivity index (χ4v) is 15.8. The molecule has 6 atom stereocenters. The lowest BCUT2D eigenvalue weighted by molar-refractivity contribution is -0.0693. The molecule has 0 spiro atoms. The fourth-order valence-electron chi connectivity index (χ4n) is 15.8. The van der Waals surface area contributed by atoms with Crippen molar-refractivity contribution in [2.24, 2.45) is 0 Å². The molecular formula is C89H77F5N24O9. The zero-order chi connectivity index (χ0) is 96.4. The molecule has 12 aromatic rings. The lowest BCUT2D eigenvalue weighted by atomic mass is 9.92. The molecule has 33 nitrogen and oxygen atoms in total. The predicted molar refractivity (Wildman–Crippen MR) is 447 cm³/mol. The molecule has 642 valence electrons. The second-order valence-electron chi connectivity index (χ2n) is 31.2.